The van der Waals surface area contributed by atoms with Crippen LogP contribution in [0.15, 0.2) is 97.2 Å². The molecule has 0 amide bonds. The molecule has 0 spiro atoms. The van der Waals surface area contributed by atoms with Crippen molar-refractivity contribution in [3.63, 3.8) is 0 Å². The van der Waals surface area contributed by atoms with Crippen LogP contribution in [0.2, 0.25) is 0 Å². The van der Waals surface area contributed by atoms with E-state index in [-0.39, 0.29) is 31.1 Å². The third-order valence-corrected chi connectivity index (χ3v) is 14.6. The molecule has 6 heteroatoms. The smallest absolute Gasteiger partial charge is 0.306 e. The number of carbonyl (C=O) groups is 3. The minimum Gasteiger partial charge on any atom is -0.462 e. The van der Waals surface area contributed by atoms with Crippen LogP contribution in [-0.4, -0.2) is 37.2 Å². The van der Waals surface area contributed by atoms with Crippen LogP contribution in [-0.2, 0) is 28.6 Å². The minimum atomic E-state index is -0.795. The summed E-state index contributed by atoms with van der Waals surface area (Å²) in [5.74, 6) is -0.921. The first-order chi connectivity index (χ1) is 39.0. The molecular formula is C73H126O6. The first-order valence-electron chi connectivity index (χ1n) is 33.7. The standard InChI is InChI=1S/C73H126O6/c1-4-7-10-13-16-19-22-24-26-28-30-32-34-36-38-40-42-44-46-48-51-54-57-60-63-66-72(75)78-69-70(68-77-71(74)65-62-59-56-53-50-21-18-15-12-9-6-3)79-73(76)67-64-61-58-55-52-49-47-45-43-41-39-37-35-33-31-29-27-25-23-20-17-14-11-8-5-2/h7,10,15-16,18-19,24,26,30,32,36,38,42,44,48,51,70H,4-6,8-9,11-14,17,20-23,25,27-29,31,33-35,37,39-41,43,45-47,49-50,52-69H2,1-3H3/b10-7-,18-15-,19-16-,26-24-,32-30-,38-36-,44-42-,51-48-. The number of ether oxygens (including phenoxy) is 3. The maximum Gasteiger partial charge on any atom is 0.306 e. The molecule has 0 bridgehead atoms. The summed E-state index contributed by atoms with van der Waals surface area (Å²) in [4.78, 5) is 38.3. The summed E-state index contributed by atoms with van der Waals surface area (Å²) in [7, 11) is 0. The average molecular weight is 1100 g/mol. The van der Waals surface area contributed by atoms with Gasteiger partial charge in [0, 0.05) is 19.3 Å². The number of allylic oxidation sites excluding steroid dienone is 16. The van der Waals surface area contributed by atoms with E-state index in [1.165, 1.54) is 173 Å². The van der Waals surface area contributed by atoms with Crippen molar-refractivity contribution < 1.29 is 28.6 Å². The molecule has 0 aromatic rings. The predicted molar refractivity (Wildman–Crippen MR) is 344 cm³/mol. The molecule has 0 aliphatic heterocycles. The SMILES string of the molecule is CC/C=C\C/C=C\C/C=C\C/C=C\C/C=C\C/C=C\C/C=C\CCCCCC(=O)OCC(COC(=O)CCCCCCC/C=C\CCCC)OC(=O)CCCCCCCCCCCCCCCCCCCCCCCCCCC. The van der Waals surface area contributed by atoms with Crippen molar-refractivity contribution in [2.45, 2.75) is 335 Å². The molecule has 0 saturated heterocycles. The van der Waals surface area contributed by atoms with Gasteiger partial charge in [-0.05, 0) is 96.3 Å². The van der Waals surface area contributed by atoms with Gasteiger partial charge in [-0.1, -0.05) is 311 Å². The van der Waals surface area contributed by atoms with Gasteiger partial charge in [0.15, 0.2) is 6.10 Å². The lowest BCUT2D eigenvalue weighted by Crippen LogP contribution is -2.30. The Bertz CT molecular complexity index is 1540. The highest BCUT2D eigenvalue weighted by atomic mass is 16.6. The Hall–Kier alpha value is -3.67. The maximum absolute atomic E-state index is 12.9. The zero-order valence-corrected chi connectivity index (χ0v) is 52.1. The summed E-state index contributed by atoms with van der Waals surface area (Å²) in [6.07, 6.45) is 90.1. The molecule has 0 fully saturated rings. The lowest BCUT2D eigenvalue weighted by molar-refractivity contribution is -0.167. The van der Waals surface area contributed by atoms with Crippen molar-refractivity contribution in [3.05, 3.63) is 97.2 Å². The molecule has 0 rings (SSSR count). The quantitative estimate of drug-likeness (QED) is 0.0261. The van der Waals surface area contributed by atoms with E-state index in [0.29, 0.717) is 19.3 Å². The van der Waals surface area contributed by atoms with E-state index < -0.39 is 6.10 Å². The topological polar surface area (TPSA) is 78.9 Å². The maximum atomic E-state index is 12.9. The largest absolute Gasteiger partial charge is 0.462 e. The molecule has 0 aromatic carbocycles. The molecule has 0 heterocycles. The molecule has 454 valence electrons. The fourth-order valence-corrected chi connectivity index (χ4v) is 9.52. The Morgan fingerprint density at radius 1 is 0.266 bits per heavy atom. The van der Waals surface area contributed by atoms with Crippen LogP contribution in [0.4, 0.5) is 0 Å². The normalized spacial score (nSPS) is 12.7. The zero-order valence-electron chi connectivity index (χ0n) is 52.1. The predicted octanol–water partition coefficient (Wildman–Crippen LogP) is 23.2. The summed E-state index contributed by atoms with van der Waals surface area (Å²) < 4.78 is 16.9. The van der Waals surface area contributed by atoms with Crippen LogP contribution in [0.25, 0.3) is 0 Å². The van der Waals surface area contributed by atoms with E-state index in [0.717, 1.165) is 116 Å². The van der Waals surface area contributed by atoms with Crippen molar-refractivity contribution >= 4 is 17.9 Å². The highest BCUT2D eigenvalue weighted by Gasteiger charge is 2.19. The van der Waals surface area contributed by atoms with Crippen LogP contribution < -0.4 is 0 Å². The number of hydrogen-bond acceptors (Lipinski definition) is 6. The first kappa shape index (κ1) is 75.3. The van der Waals surface area contributed by atoms with E-state index in [1.807, 2.05) is 0 Å². The molecule has 0 aliphatic rings. The Morgan fingerprint density at radius 2 is 0.506 bits per heavy atom. The van der Waals surface area contributed by atoms with E-state index in [9.17, 15) is 14.4 Å². The number of unbranched alkanes of at least 4 members (excludes halogenated alkanes) is 34. The molecular weight excluding hydrogens is 973 g/mol. The average Bonchev–Trinajstić information content (AvgIpc) is 3.45. The van der Waals surface area contributed by atoms with Crippen LogP contribution in [0.1, 0.15) is 329 Å². The summed E-state index contributed by atoms with van der Waals surface area (Å²) in [6.45, 7) is 6.49. The van der Waals surface area contributed by atoms with Crippen molar-refractivity contribution in [2.75, 3.05) is 13.2 Å². The second-order valence-corrected chi connectivity index (χ2v) is 22.4. The van der Waals surface area contributed by atoms with E-state index in [4.69, 9.17) is 14.2 Å². The minimum absolute atomic E-state index is 0.0907. The Kier molecular flexibility index (Phi) is 63.7. The van der Waals surface area contributed by atoms with Gasteiger partial charge in [-0.3, -0.25) is 14.4 Å². The van der Waals surface area contributed by atoms with E-state index >= 15 is 0 Å². The molecule has 1 unspecified atom stereocenters. The van der Waals surface area contributed by atoms with Crippen LogP contribution >= 0.6 is 0 Å². The van der Waals surface area contributed by atoms with Crippen molar-refractivity contribution in [1.29, 1.82) is 0 Å². The lowest BCUT2D eigenvalue weighted by atomic mass is 10.0. The van der Waals surface area contributed by atoms with Crippen molar-refractivity contribution in [1.82, 2.24) is 0 Å². The molecule has 0 N–H and O–H groups in total. The molecule has 0 aromatic heterocycles. The van der Waals surface area contributed by atoms with Gasteiger partial charge in [0.2, 0.25) is 0 Å². The van der Waals surface area contributed by atoms with Crippen LogP contribution in [0.5, 0.6) is 0 Å². The number of esters is 3. The lowest BCUT2D eigenvalue weighted by Gasteiger charge is -2.18. The van der Waals surface area contributed by atoms with Crippen molar-refractivity contribution in [2.24, 2.45) is 0 Å². The summed E-state index contributed by atoms with van der Waals surface area (Å²) in [5.41, 5.74) is 0. The highest BCUT2D eigenvalue weighted by molar-refractivity contribution is 5.71. The zero-order chi connectivity index (χ0) is 57.1. The number of carbonyl (C=O) groups excluding carboxylic acids is 3. The molecule has 6 nitrogen and oxygen atoms in total. The second-order valence-electron chi connectivity index (χ2n) is 22.4. The van der Waals surface area contributed by atoms with Gasteiger partial charge in [0.25, 0.3) is 0 Å². The third-order valence-electron chi connectivity index (χ3n) is 14.6. The first-order valence-corrected chi connectivity index (χ1v) is 33.7. The van der Waals surface area contributed by atoms with E-state index in [1.54, 1.807) is 0 Å². The van der Waals surface area contributed by atoms with Crippen LogP contribution in [0.3, 0.4) is 0 Å². The van der Waals surface area contributed by atoms with Gasteiger partial charge in [-0.15, -0.1) is 0 Å². The van der Waals surface area contributed by atoms with Gasteiger partial charge in [0.1, 0.15) is 13.2 Å². The van der Waals surface area contributed by atoms with Crippen LogP contribution in [0, 0.1) is 0 Å². The van der Waals surface area contributed by atoms with Gasteiger partial charge < -0.3 is 14.2 Å². The Balaban J connectivity index is 4.31. The fraction of sp³-hybridized carbons (Fsp3) is 0.740. The van der Waals surface area contributed by atoms with Crippen molar-refractivity contribution in [3.8, 4) is 0 Å². The highest BCUT2D eigenvalue weighted by Crippen LogP contribution is 2.17. The second kappa shape index (κ2) is 66.8. The van der Waals surface area contributed by atoms with E-state index in [2.05, 4.69) is 118 Å². The summed E-state index contributed by atoms with van der Waals surface area (Å²) in [6, 6.07) is 0. The Morgan fingerprint density at radius 3 is 0.835 bits per heavy atom. The van der Waals surface area contributed by atoms with Gasteiger partial charge in [-0.2, -0.15) is 0 Å². The number of rotatable bonds is 61. The molecule has 79 heavy (non-hydrogen) atoms. The summed E-state index contributed by atoms with van der Waals surface area (Å²) in [5, 5.41) is 0. The monoisotopic (exact) mass is 1100 g/mol. The van der Waals surface area contributed by atoms with Gasteiger partial charge >= 0.3 is 17.9 Å². The molecule has 0 saturated carbocycles. The molecule has 0 aliphatic carbocycles. The van der Waals surface area contributed by atoms with Gasteiger partial charge in [0.05, 0.1) is 0 Å². The number of hydrogen-bond donors (Lipinski definition) is 0. The Labute approximate surface area is 489 Å². The third kappa shape index (κ3) is 65.0. The molecule has 0 radical (unpaired) electrons. The fourth-order valence-electron chi connectivity index (χ4n) is 9.52. The molecule has 1 atom stereocenters. The summed E-state index contributed by atoms with van der Waals surface area (Å²) >= 11 is 0. The van der Waals surface area contributed by atoms with Gasteiger partial charge in [-0.25, -0.2) is 0 Å².